The summed E-state index contributed by atoms with van der Waals surface area (Å²) in [6.07, 6.45) is 2.97. The largest absolute Gasteiger partial charge is 0.355 e. The smallest absolute Gasteiger partial charge is 0.259 e. The van der Waals surface area contributed by atoms with E-state index in [-0.39, 0.29) is 0 Å². The Kier molecular flexibility index (Phi) is 4.76. The third-order valence-electron chi connectivity index (χ3n) is 4.39. The molecule has 4 heterocycles. The number of rotatable bonds is 4. The predicted octanol–water partition coefficient (Wildman–Crippen LogP) is 3.21. The van der Waals surface area contributed by atoms with Crippen LogP contribution in [0.2, 0.25) is 0 Å². The van der Waals surface area contributed by atoms with Crippen molar-refractivity contribution in [2.75, 3.05) is 31.1 Å². The lowest BCUT2D eigenvalue weighted by atomic mass is 10.2. The number of pyridine rings is 1. The molecule has 6 nitrogen and oxygen atoms in total. The van der Waals surface area contributed by atoms with Crippen molar-refractivity contribution in [1.82, 2.24) is 20.0 Å². The van der Waals surface area contributed by atoms with E-state index in [1.165, 1.54) is 4.88 Å². The Morgan fingerprint density at radius 1 is 1.16 bits per heavy atom. The maximum atomic E-state index is 5.20. The maximum Gasteiger partial charge on any atom is 0.259 e. The molecule has 0 unspecified atom stereocenters. The van der Waals surface area contributed by atoms with Crippen molar-refractivity contribution in [3.63, 3.8) is 0 Å². The quantitative estimate of drug-likeness (QED) is 0.716. The summed E-state index contributed by atoms with van der Waals surface area (Å²) in [5.74, 6) is 2.17. The fourth-order valence-corrected chi connectivity index (χ4v) is 3.84. The molecule has 0 bridgehead atoms. The summed E-state index contributed by atoms with van der Waals surface area (Å²) >= 11 is 1.83. The molecule has 1 saturated heterocycles. The van der Waals surface area contributed by atoms with Crippen LogP contribution >= 0.6 is 11.3 Å². The third kappa shape index (κ3) is 3.88. The van der Waals surface area contributed by atoms with Crippen LogP contribution in [0.1, 0.15) is 17.1 Å². The van der Waals surface area contributed by atoms with Crippen molar-refractivity contribution in [3.8, 4) is 11.5 Å². The molecular formula is C18H21N5OS. The second kappa shape index (κ2) is 7.33. The molecule has 0 amide bonds. The van der Waals surface area contributed by atoms with Crippen LogP contribution < -0.4 is 4.90 Å². The van der Waals surface area contributed by atoms with Gasteiger partial charge in [-0.25, -0.2) is 4.98 Å². The highest BCUT2D eigenvalue weighted by Gasteiger charge is 2.17. The third-order valence-corrected chi connectivity index (χ3v) is 5.26. The Labute approximate surface area is 151 Å². The highest BCUT2D eigenvalue weighted by Crippen LogP contribution is 2.21. The molecule has 0 saturated carbocycles. The molecule has 25 heavy (non-hydrogen) atoms. The molecule has 1 aliphatic heterocycles. The lowest BCUT2D eigenvalue weighted by Crippen LogP contribution is -2.30. The van der Waals surface area contributed by atoms with Crippen molar-refractivity contribution < 1.29 is 4.52 Å². The Morgan fingerprint density at radius 2 is 2.12 bits per heavy atom. The van der Waals surface area contributed by atoms with Gasteiger partial charge in [-0.3, -0.25) is 4.90 Å². The summed E-state index contributed by atoms with van der Waals surface area (Å²) in [5.41, 5.74) is 0.860. The number of nitrogens with zero attached hydrogens (tertiary/aromatic N) is 5. The monoisotopic (exact) mass is 355 g/mol. The van der Waals surface area contributed by atoms with E-state index >= 15 is 0 Å². The molecule has 4 rings (SSSR count). The van der Waals surface area contributed by atoms with Crippen LogP contribution in [0.3, 0.4) is 0 Å². The van der Waals surface area contributed by atoms with Gasteiger partial charge in [-0.2, -0.15) is 4.98 Å². The Morgan fingerprint density at radius 3 is 2.84 bits per heavy atom. The molecular weight excluding hydrogens is 334 g/mol. The molecule has 3 aromatic heterocycles. The van der Waals surface area contributed by atoms with Gasteiger partial charge in [-0.15, -0.1) is 11.3 Å². The van der Waals surface area contributed by atoms with Crippen molar-refractivity contribution in [2.24, 2.45) is 0 Å². The average Bonchev–Trinajstić information content (AvgIpc) is 3.23. The molecule has 7 heteroatoms. The zero-order valence-corrected chi connectivity index (χ0v) is 15.1. The van der Waals surface area contributed by atoms with Crippen molar-refractivity contribution in [2.45, 2.75) is 19.9 Å². The topological polar surface area (TPSA) is 58.3 Å². The number of aryl methyl sites for hydroxylation is 1. The zero-order chi connectivity index (χ0) is 17.1. The van der Waals surface area contributed by atoms with Crippen LogP contribution in [0, 0.1) is 6.92 Å². The molecule has 0 spiro atoms. The van der Waals surface area contributed by atoms with Gasteiger partial charge in [0.1, 0.15) is 5.82 Å². The van der Waals surface area contributed by atoms with E-state index in [0.717, 1.165) is 50.5 Å². The molecule has 0 aliphatic carbocycles. The highest BCUT2D eigenvalue weighted by atomic mass is 32.1. The van der Waals surface area contributed by atoms with Gasteiger partial charge in [0, 0.05) is 43.8 Å². The first-order valence-electron chi connectivity index (χ1n) is 8.54. The first kappa shape index (κ1) is 16.2. The molecule has 3 aromatic rings. The Bertz CT molecular complexity index is 799. The lowest BCUT2D eigenvalue weighted by molar-refractivity contribution is 0.288. The lowest BCUT2D eigenvalue weighted by Gasteiger charge is -2.22. The van der Waals surface area contributed by atoms with Crippen molar-refractivity contribution in [1.29, 1.82) is 0 Å². The van der Waals surface area contributed by atoms with Gasteiger partial charge in [0.25, 0.3) is 5.89 Å². The zero-order valence-electron chi connectivity index (χ0n) is 14.3. The Hall–Kier alpha value is -2.25. The average molecular weight is 355 g/mol. The summed E-state index contributed by atoms with van der Waals surface area (Å²) in [4.78, 5) is 15.2. The summed E-state index contributed by atoms with van der Waals surface area (Å²) in [6.45, 7) is 7.09. The van der Waals surface area contributed by atoms with E-state index in [0.29, 0.717) is 11.7 Å². The van der Waals surface area contributed by atoms with Gasteiger partial charge < -0.3 is 9.42 Å². The van der Waals surface area contributed by atoms with E-state index in [9.17, 15) is 0 Å². The van der Waals surface area contributed by atoms with E-state index < -0.39 is 0 Å². The molecule has 0 atom stereocenters. The van der Waals surface area contributed by atoms with Gasteiger partial charge in [-0.1, -0.05) is 11.2 Å². The fourth-order valence-electron chi connectivity index (χ4n) is 3.10. The fraction of sp³-hybridized carbons (Fsp3) is 0.389. The molecule has 1 fully saturated rings. The summed E-state index contributed by atoms with van der Waals surface area (Å²) in [5, 5.41) is 5.98. The van der Waals surface area contributed by atoms with E-state index in [2.05, 4.69) is 42.4 Å². The van der Waals surface area contributed by atoms with Crippen LogP contribution in [0.4, 0.5) is 5.82 Å². The van der Waals surface area contributed by atoms with Crippen LogP contribution in [0.25, 0.3) is 11.5 Å². The first-order chi connectivity index (χ1) is 12.3. The van der Waals surface area contributed by atoms with Crippen molar-refractivity contribution in [3.05, 3.63) is 46.5 Å². The van der Waals surface area contributed by atoms with Gasteiger partial charge >= 0.3 is 0 Å². The second-order valence-electron chi connectivity index (χ2n) is 6.25. The highest BCUT2D eigenvalue weighted by molar-refractivity contribution is 7.09. The van der Waals surface area contributed by atoms with Crippen LogP contribution in [0.5, 0.6) is 0 Å². The van der Waals surface area contributed by atoms with Gasteiger partial charge in [0.05, 0.1) is 5.56 Å². The van der Waals surface area contributed by atoms with Gasteiger partial charge in [-0.05, 0) is 36.9 Å². The molecule has 130 valence electrons. The minimum absolute atomic E-state index is 0.523. The summed E-state index contributed by atoms with van der Waals surface area (Å²) in [7, 11) is 0. The Balaban J connectivity index is 1.40. The van der Waals surface area contributed by atoms with Gasteiger partial charge in [0.2, 0.25) is 0 Å². The van der Waals surface area contributed by atoms with E-state index in [1.807, 2.05) is 36.6 Å². The summed E-state index contributed by atoms with van der Waals surface area (Å²) in [6, 6.07) is 8.39. The van der Waals surface area contributed by atoms with E-state index in [4.69, 9.17) is 4.52 Å². The number of hydrogen-bond acceptors (Lipinski definition) is 7. The first-order valence-corrected chi connectivity index (χ1v) is 9.42. The second-order valence-corrected chi connectivity index (χ2v) is 7.28. The minimum Gasteiger partial charge on any atom is -0.355 e. The number of anilines is 1. The number of hydrogen-bond donors (Lipinski definition) is 0. The van der Waals surface area contributed by atoms with E-state index in [1.54, 1.807) is 0 Å². The molecule has 1 aliphatic rings. The predicted molar refractivity (Wildman–Crippen MR) is 98.7 cm³/mol. The van der Waals surface area contributed by atoms with Crippen molar-refractivity contribution >= 4 is 17.2 Å². The number of thiophene rings is 1. The summed E-state index contributed by atoms with van der Waals surface area (Å²) < 4.78 is 5.20. The SMILES string of the molecule is Cc1noc(-c2ccc(N3CCCN(Cc4cccs4)CC3)nc2)n1. The van der Waals surface area contributed by atoms with Crippen LogP contribution in [-0.2, 0) is 6.54 Å². The normalized spacial score (nSPS) is 16.1. The molecule has 0 radical (unpaired) electrons. The number of aromatic nitrogens is 3. The molecule has 0 N–H and O–H groups in total. The molecule has 0 aromatic carbocycles. The van der Waals surface area contributed by atoms with Crippen LogP contribution in [0.15, 0.2) is 40.4 Å². The standard InChI is InChI=1S/C18H21N5OS/c1-14-20-18(24-21-14)15-5-6-17(19-12-15)23-8-3-7-22(9-10-23)13-16-4-2-11-25-16/h2,4-6,11-12H,3,7-10,13H2,1H3. The maximum absolute atomic E-state index is 5.20. The minimum atomic E-state index is 0.523. The van der Waals surface area contributed by atoms with Gasteiger partial charge in [0.15, 0.2) is 5.82 Å². The van der Waals surface area contributed by atoms with Crippen LogP contribution in [-0.4, -0.2) is 46.2 Å².